The molecule has 1 aromatic rings. The second-order valence-corrected chi connectivity index (χ2v) is 5.35. The van der Waals surface area contributed by atoms with E-state index in [1.165, 1.54) is 14.0 Å². The van der Waals surface area contributed by atoms with Crippen LogP contribution < -0.4 is 0 Å². The first-order valence-corrected chi connectivity index (χ1v) is 6.66. The van der Waals surface area contributed by atoms with Crippen LogP contribution in [0.5, 0.6) is 0 Å². The second-order valence-electron chi connectivity index (χ2n) is 3.58. The molecule has 1 aromatic carbocycles. The molecule has 0 aliphatic rings. The fourth-order valence-corrected chi connectivity index (χ4v) is 2.71. The van der Waals surface area contributed by atoms with Crippen molar-refractivity contribution in [1.29, 1.82) is 0 Å². The molecule has 0 aromatic heterocycles. The van der Waals surface area contributed by atoms with Crippen LogP contribution in [0.4, 0.5) is 0 Å². The van der Waals surface area contributed by atoms with Crippen molar-refractivity contribution in [2.75, 3.05) is 7.11 Å². The van der Waals surface area contributed by atoms with Crippen molar-refractivity contribution in [3.63, 3.8) is 0 Å². The summed E-state index contributed by atoms with van der Waals surface area (Å²) in [5.41, 5.74) is 1.70. The zero-order chi connectivity index (χ0) is 13.0. The van der Waals surface area contributed by atoms with Crippen molar-refractivity contribution in [2.45, 2.75) is 18.2 Å². The summed E-state index contributed by atoms with van der Waals surface area (Å²) >= 11 is 6.71. The van der Waals surface area contributed by atoms with Gasteiger partial charge in [0, 0.05) is 4.47 Å². The van der Waals surface area contributed by atoms with Crippen LogP contribution in [-0.4, -0.2) is 18.9 Å². The van der Waals surface area contributed by atoms with Gasteiger partial charge in [0.05, 0.1) is 18.4 Å². The lowest BCUT2D eigenvalue weighted by atomic mass is 10.1. The van der Waals surface area contributed by atoms with Crippen LogP contribution >= 0.6 is 31.9 Å². The van der Waals surface area contributed by atoms with E-state index in [9.17, 15) is 9.59 Å². The first-order chi connectivity index (χ1) is 7.95. The number of ether oxygens (including phenoxy) is 1. The predicted molar refractivity (Wildman–Crippen MR) is 72.2 cm³/mol. The van der Waals surface area contributed by atoms with Crippen LogP contribution in [0.1, 0.15) is 22.9 Å². The molecule has 92 valence electrons. The maximum atomic E-state index is 11.3. The number of carbonyl (C=O) groups excluding carboxylic acids is 2. The maximum Gasteiger partial charge on any atom is 0.309 e. The molecule has 0 aliphatic heterocycles. The molecule has 0 aliphatic carbocycles. The van der Waals surface area contributed by atoms with Gasteiger partial charge in [0.1, 0.15) is 5.78 Å². The molecule has 1 rings (SSSR count). The highest BCUT2D eigenvalue weighted by Gasteiger charge is 2.16. The summed E-state index contributed by atoms with van der Waals surface area (Å²) < 4.78 is 5.39. The molecule has 0 saturated heterocycles. The number of Topliss-reactive ketones (excluding diaryl/α,β-unsaturated/α-hetero) is 1. The molecular weight excluding hydrogens is 352 g/mol. The van der Waals surface area contributed by atoms with Gasteiger partial charge < -0.3 is 4.74 Å². The lowest BCUT2D eigenvalue weighted by molar-refractivity contribution is -0.139. The summed E-state index contributed by atoms with van der Waals surface area (Å²) in [4.78, 5) is 22.1. The van der Waals surface area contributed by atoms with Crippen molar-refractivity contribution in [3.8, 4) is 0 Å². The Labute approximate surface area is 117 Å². The van der Waals surface area contributed by atoms with E-state index in [1.807, 2.05) is 18.2 Å². The highest BCUT2D eigenvalue weighted by atomic mass is 79.9. The Morgan fingerprint density at radius 2 is 2.06 bits per heavy atom. The smallest absolute Gasteiger partial charge is 0.309 e. The number of rotatable bonds is 4. The summed E-state index contributed by atoms with van der Waals surface area (Å²) in [6.45, 7) is 1.52. The molecule has 3 nitrogen and oxygen atoms in total. The number of ketones is 1. The van der Waals surface area contributed by atoms with Gasteiger partial charge in [0.2, 0.25) is 0 Å². The van der Waals surface area contributed by atoms with Crippen molar-refractivity contribution >= 4 is 43.6 Å². The quantitative estimate of drug-likeness (QED) is 0.609. The molecule has 0 saturated carbocycles. The van der Waals surface area contributed by atoms with Crippen LogP contribution in [0, 0.1) is 0 Å². The molecule has 0 spiro atoms. The minimum Gasteiger partial charge on any atom is -0.469 e. The molecular formula is C12H12Br2O3. The van der Waals surface area contributed by atoms with E-state index in [4.69, 9.17) is 0 Å². The molecule has 0 N–H and O–H groups in total. The molecule has 0 heterocycles. The SMILES string of the molecule is COC(=O)Cc1ccc(C(Br)C(C)=O)c(Br)c1. The van der Waals surface area contributed by atoms with E-state index in [2.05, 4.69) is 36.6 Å². The van der Waals surface area contributed by atoms with Gasteiger partial charge in [-0.3, -0.25) is 9.59 Å². The van der Waals surface area contributed by atoms with Crippen molar-refractivity contribution < 1.29 is 14.3 Å². The van der Waals surface area contributed by atoms with Gasteiger partial charge in [-0.1, -0.05) is 44.0 Å². The highest BCUT2D eigenvalue weighted by molar-refractivity contribution is 9.11. The normalized spacial score (nSPS) is 12.0. The molecule has 0 fully saturated rings. The van der Waals surface area contributed by atoms with Crippen LogP contribution in [0.3, 0.4) is 0 Å². The number of esters is 1. The summed E-state index contributed by atoms with van der Waals surface area (Å²) in [5, 5.41) is 0. The van der Waals surface area contributed by atoms with E-state index in [0.717, 1.165) is 15.6 Å². The molecule has 0 amide bonds. The molecule has 1 atom stereocenters. The van der Waals surface area contributed by atoms with Crippen LogP contribution in [0.2, 0.25) is 0 Å². The average molecular weight is 364 g/mol. The van der Waals surface area contributed by atoms with Crippen LogP contribution in [0.25, 0.3) is 0 Å². The maximum absolute atomic E-state index is 11.3. The predicted octanol–water partition coefficient (Wildman–Crippen LogP) is 3.19. The number of benzene rings is 1. The summed E-state index contributed by atoms with van der Waals surface area (Å²) in [5.74, 6) is -0.252. The number of halogens is 2. The minimum absolute atomic E-state index is 0.0337. The van der Waals surface area contributed by atoms with Gasteiger partial charge >= 0.3 is 5.97 Å². The lowest BCUT2D eigenvalue weighted by Gasteiger charge is -2.10. The van der Waals surface area contributed by atoms with E-state index in [0.29, 0.717) is 0 Å². The van der Waals surface area contributed by atoms with E-state index in [1.54, 1.807) is 0 Å². The molecule has 5 heteroatoms. The Kier molecular flexibility index (Phi) is 5.33. The monoisotopic (exact) mass is 362 g/mol. The van der Waals surface area contributed by atoms with Crippen molar-refractivity contribution in [2.24, 2.45) is 0 Å². The molecule has 1 unspecified atom stereocenters. The lowest BCUT2D eigenvalue weighted by Crippen LogP contribution is -2.06. The van der Waals surface area contributed by atoms with Crippen LogP contribution in [0.15, 0.2) is 22.7 Å². The van der Waals surface area contributed by atoms with E-state index < -0.39 is 0 Å². The van der Waals surface area contributed by atoms with E-state index in [-0.39, 0.29) is 23.0 Å². The number of carbonyl (C=O) groups is 2. The van der Waals surface area contributed by atoms with Crippen molar-refractivity contribution in [1.82, 2.24) is 0 Å². The third kappa shape index (κ3) is 3.92. The third-order valence-electron chi connectivity index (χ3n) is 2.27. The number of hydrogen-bond acceptors (Lipinski definition) is 3. The van der Waals surface area contributed by atoms with Gasteiger partial charge in [-0.25, -0.2) is 0 Å². The summed E-state index contributed by atoms with van der Waals surface area (Å²) in [6, 6.07) is 5.46. The Bertz CT molecular complexity index is 443. The minimum atomic E-state index is -0.330. The zero-order valence-corrected chi connectivity index (χ0v) is 12.7. The fourth-order valence-electron chi connectivity index (χ4n) is 1.34. The largest absolute Gasteiger partial charge is 0.469 e. The van der Waals surface area contributed by atoms with Gasteiger partial charge in [-0.15, -0.1) is 0 Å². The van der Waals surface area contributed by atoms with Gasteiger partial charge in [-0.05, 0) is 24.1 Å². The number of hydrogen-bond donors (Lipinski definition) is 0. The van der Waals surface area contributed by atoms with E-state index >= 15 is 0 Å². The number of alkyl halides is 1. The second kappa shape index (κ2) is 6.31. The van der Waals surface area contributed by atoms with Gasteiger partial charge in [-0.2, -0.15) is 0 Å². The highest BCUT2D eigenvalue weighted by Crippen LogP contribution is 2.31. The Morgan fingerprint density at radius 3 is 2.53 bits per heavy atom. The first kappa shape index (κ1) is 14.4. The van der Waals surface area contributed by atoms with Crippen LogP contribution in [-0.2, 0) is 20.7 Å². The molecule has 17 heavy (non-hydrogen) atoms. The third-order valence-corrected chi connectivity index (χ3v) is 4.10. The molecule has 0 bridgehead atoms. The zero-order valence-electron chi connectivity index (χ0n) is 9.50. The summed E-state index contributed by atoms with van der Waals surface area (Å²) in [6.07, 6.45) is 0.225. The van der Waals surface area contributed by atoms with Gasteiger partial charge in [0.25, 0.3) is 0 Å². The topological polar surface area (TPSA) is 43.4 Å². The Hall–Kier alpha value is -0.680. The first-order valence-electron chi connectivity index (χ1n) is 4.95. The molecule has 0 radical (unpaired) electrons. The Balaban J connectivity index is 2.94. The fraction of sp³-hybridized carbons (Fsp3) is 0.333. The van der Waals surface area contributed by atoms with Crippen molar-refractivity contribution in [3.05, 3.63) is 33.8 Å². The Morgan fingerprint density at radius 1 is 1.41 bits per heavy atom. The number of methoxy groups -OCH3 is 1. The standard InChI is InChI=1S/C12H12Br2O3/c1-7(15)12(14)9-4-3-8(5-10(9)13)6-11(16)17-2/h3-5,12H,6H2,1-2H3. The summed E-state index contributed by atoms with van der Waals surface area (Å²) in [7, 11) is 1.36. The van der Waals surface area contributed by atoms with Gasteiger partial charge in [0.15, 0.2) is 0 Å². The average Bonchev–Trinajstić information content (AvgIpc) is 2.28.